The van der Waals surface area contributed by atoms with Crippen LogP contribution in [-0.4, -0.2) is 31.0 Å². The van der Waals surface area contributed by atoms with Crippen molar-refractivity contribution in [2.75, 3.05) is 18.0 Å². The van der Waals surface area contributed by atoms with Crippen LogP contribution in [-0.2, 0) is 16.0 Å². The highest BCUT2D eigenvalue weighted by molar-refractivity contribution is 9.10. The van der Waals surface area contributed by atoms with E-state index in [1.54, 1.807) is 11.0 Å². The van der Waals surface area contributed by atoms with E-state index < -0.39 is 6.10 Å². The summed E-state index contributed by atoms with van der Waals surface area (Å²) >= 11 is 3.40. The highest BCUT2D eigenvalue weighted by Crippen LogP contribution is 2.33. The maximum Gasteiger partial charge on any atom is 0.262 e. The molecule has 5 nitrogen and oxygen atoms in total. The standard InChI is InChI=1S/C20H21BrN2O3/c1-2-11-22-20(25)18-13-23(16-5-3-4-6-17(16)26-18)19(24)12-14-7-9-15(21)10-8-14/h3-10,18H,2,11-13H2,1H3,(H,22,25)/t18-/m1/s1. The number of carbonyl (C=O) groups excluding carboxylic acids is 2. The van der Waals surface area contributed by atoms with E-state index in [2.05, 4.69) is 21.2 Å². The molecular weight excluding hydrogens is 396 g/mol. The predicted molar refractivity (Wildman–Crippen MR) is 104 cm³/mol. The maximum atomic E-state index is 12.9. The van der Waals surface area contributed by atoms with Crippen molar-refractivity contribution in [3.05, 3.63) is 58.6 Å². The number of amides is 2. The highest BCUT2D eigenvalue weighted by atomic mass is 79.9. The molecule has 1 aliphatic rings. The van der Waals surface area contributed by atoms with Crippen LogP contribution in [0.5, 0.6) is 5.75 Å². The first-order valence-electron chi connectivity index (χ1n) is 8.66. The molecule has 0 saturated carbocycles. The van der Waals surface area contributed by atoms with Gasteiger partial charge < -0.3 is 15.0 Å². The van der Waals surface area contributed by atoms with Crippen LogP contribution in [0.2, 0.25) is 0 Å². The van der Waals surface area contributed by atoms with E-state index in [0.717, 1.165) is 16.5 Å². The van der Waals surface area contributed by atoms with Crippen LogP contribution < -0.4 is 15.0 Å². The number of halogens is 1. The van der Waals surface area contributed by atoms with E-state index in [9.17, 15) is 9.59 Å². The third kappa shape index (κ3) is 4.25. The lowest BCUT2D eigenvalue weighted by atomic mass is 10.1. The fourth-order valence-corrected chi connectivity index (χ4v) is 3.11. The van der Waals surface area contributed by atoms with Crippen LogP contribution in [0.3, 0.4) is 0 Å². The highest BCUT2D eigenvalue weighted by Gasteiger charge is 2.33. The molecule has 2 amide bonds. The smallest absolute Gasteiger partial charge is 0.262 e. The van der Waals surface area contributed by atoms with Gasteiger partial charge in [-0.2, -0.15) is 0 Å². The number of carbonyl (C=O) groups is 2. The monoisotopic (exact) mass is 416 g/mol. The van der Waals surface area contributed by atoms with E-state index >= 15 is 0 Å². The number of hydrogen-bond donors (Lipinski definition) is 1. The average Bonchev–Trinajstić information content (AvgIpc) is 2.66. The van der Waals surface area contributed by atoms with E-state index in [4.69, 9.17) is 4.74 Å². The Bertz CT molecular complexity index is 792. The van der Waals surface area contributed by atoms with Crippen molar-refractivity contribution in [1.82, 2.24) is 5.32 Å². The largest absolute Gasteiger partial charge is 0.477 e. The number of fused-ring (bicyclic) bond motifs is 1. The number of benzene rings is 2. The average molecular weight is 417 g/mol. The molecule has 0 aliphatic carbocycles. The molecule has 2 aromatic rings. The Morgan fingerprint density at radius 2 is 1.92 bits per heavy atom. The molecule has 6 heteroatoms. The number of nitrogens with zero attached hydrogens (tertiary/aromatic N) is 1. The summed E-state index contributed by atoms with van der Waals surface area (Å²) in [5.74, 6) is 0.304. The van der Waals surface area contributed by atoms with Crippen LogP contribution >= 0.6 is 15.9 Å². The fraction of sp³-hybridized carbons (Fsp3) is 0.300. The third-order valence-electron chi connectivity index (χ3n) is 4.19. The van der Waals surface area contributed by atoms with Gasteiger partial charge in [0.15, 0.2) is 6.10 Å². The van der Waals surface area contributed by atoms with Gasteiger partial charge in [-0.1, -0.05) is 47.1 Å². The van der Waals surface area contributed by atoms with Crippen molar-refractivity contribution < 1.29 is 14.3 Å². The zero-order chi connectivity index (χ0) is 18.5. The number of anilines is 1. The molecule has 1 heterocycles. The predicted octanol–water partition coefficient (Wildman–Crippen LogP) is 3.31. The molecule has 0 bridgehead atoms. The summed E-state index contributed by atoms with van der Waals surface area (Å²) in [5.41, 5.74) is 1.63. The Kier molecular flexibility index (Phi) is 5.93. The summed E-state index contributed by atoms with van der Waals surface area (Å²) in [6.45, 7) is 2.79. The van der Waals surface area contributed by atoms with Crippen LogP contribution in [0.15, 0.2) is 53.0 Å². The SMILES string of the molecule is CCCNC(=O)[C@H]1CN(C(=O)Cc2ccc(Br)cc2)c2ccccc2O1. The van der Waals surface area contributed by atoms with Gasteiger partial charge in [0.25, 0.3) is 5.91 Å². The second kappa shape index (κ2) is 8.36. The molecule has 0 saturated heterocycles. The summed E-state index contributed by atoms with van der Waals surface area (Å²) in [6.07, 6.45) is 0.414. The number of ether oxygens (including phenoxy) is 1. The van der Waals surface area contributed by atoms with Crippen molar-refractivity contribution >= 4 is 33.4 Å². The van der Waals surface area contributed by atoms with Gasteiger partial charge in [0.1, 0.15) is 5.75 Å². The van der Waals surface area contributed by atoms with Gasteiger partial charge in [-0.25, -0.2) is 0 Å². The summed E-state index contributed by atoms with van der Waals surface area (Å²) < 4.78 is 6.80. The van der Waals surface area contributed by atoms with Gasteiger partial charge >= 0.3 is 0 Å². The van der Waals surface area contributed by atoms with E-state index in [-0.39, 0.29) is 24.8 Å². The Hall–Kier alpha value is -2.34. The number of hydrogen-bond acceptors (Lipinski definition) is 3. The lowest BCUT2D eigenvalue weighted by Gasteiger charge is -2.34. The first-order chi connectivity index (χ1) is 12.6. The quantitative estimate of drug-likeness (QED) is 0.812. The molecule has 26 heavy (non-hydrogen) atoms. The van der Waals surface area contributed by atoms with Gasteiger partial charge in [0, 0.05) is 11.0 Å². The minimum Gasteiger partial charge on any atom is -0.477 e. The molecule has 0 radical (unpaired) electrons. The van der Waals surface area contributed by atoms with Crippen LogP contribution in [0.4, 0.5) is 5.69 Å². The van der Waals surface area contributed by atoms with Gasteiger partial charge in [0.2, 0.25) is 5.91 Å². The number of nitrogens with one attached hydrogen (secondary N) is 1. The van der Waals surface area contributed by atoms with Crippen molar-refractivity contribution in [1.29, 1.82) is 0 Å². The van der Waals surface area contributed by atoms with E-state index in [1.807, 2.05) is 49.4 Å². The zero-order valence-corrected chi connectivity index (χ0v) is 16.2. The fourth-order valence-electron chi connectivity index (χ4n) is 2.84. The zero-order valence-electron chi connectivity index (χ0n) is 14.6. The molecule has 0 spiro atoms. The van der Waals surface area contributed by atoms with E-state index in [0.29, 0.717) is 18.0 Å². The Balaban J connectivity index is 1.80. The summed E-state index contributed by atoms with van der Waals surface area (Å²) in [6, 6.07) is 15.0. The lowest BCUT2D eigenvalue weighted by Crippen LogP contribution is -2.51. The minimum atomic E-state index is -0.703. The van der Waals surface area contributed by atoms with Crippen molar-refractivity contribution in [3.8, 4) is 5.75 Å². The summed E-state index contributed by atoms with van der Waals surface area (Å²) in [7, 11) is 0. The first kappa shape index (κ1) is 18.5. The molecule has 136 valence electrons. The second-order valence-electron chi connectivity index (χ2n) is 6.17. The van der Waals surface area contributed by atoms with Crippen molar-refractivity contribution in [2.24, 2.45) is 0 Å². The minimum absolute atomic E-state index is 0.0589. The normalized spacial score (nSPS) is 15.8. The van der Waals surface area contributed by atoms with Crippen LogP contribution in [0, 0.1) is 0 Å². The molecule has 3 rings (SSSR count). The van der Waals surface area contributed by atoms with Crippen molar-refractivity contribution in [3.63, 3.8) is 0 Å². The molecule has 1 N–H and O–H groups in total. The van der Waals surface area contributed by atoms with Gasteiger partial charge in [0.05, 0.1) is 18.7 Å². The van der Waals surface area contributed by atoms with Crippen molar-refractivity contribution in [2.45, 2.75) is 25.9 Å². The van der Waals surface area contributed by atoms with Gasteiger partial charge in [-0.05, 0) is 36.2 Å². The molecule has 2 aromatic carbocycles. The topological polar surface area (TPSA) is 58.6 Å². The number of para-hydroxylation sites is 2. The molecule has 0 fully saturated rings. The first-order valence-corrected chi connectivity index (χ1v) is 9.46. The molecule has 1 atom stereocenters. The molecule has 0 aromatic heterocycles. The Morgan fingerprint density at radius 3 is 2.65 bits per heavy atom. The maximum absolute atomic E-state index is 12.9. The molecule has 0 unspecified atom stereocenters. The Morgan fingerprint density at radius 1 is 1.19 bits per heavy atom. The van der Waals surface area contributed by atoms with Crippen LogP contribution in [0.25, 0.3) is 0 Å². The van der Waals surface area contributed by atoms with Crippen LogP contribution in [0.1, 0.15) is 18.9 Å². The summed E-state index contributed by atoms with van der Waals surface area (Å²) in [4.78, 5) is 26.9. The third-order valence-corrected chi connectivity index (χ3v) is 4.71. The lowest BCUT2D eigenvalue weighted by molar-refractivity contribution is -0.128. The second-order valence-corrected chi connectivity index (χ2v) is 7.09. The Labute approximate surface area is 161 Å². The molecular formula is C20H21BrN2O3. The van der Waals surface area contributed by atoms with E-state index in [1.165, 1.54) is 0 Å². The van der Waals surface area contributed by atoms with Gasteiger partial charge in [-0.3, -0.25) is 9.59 Å². The molecule has 1 aliphatic heterocycles. The van der Waals surface area contributed by atoms with Gasteiger partial charge in [-0.15, -0.1) is 0 Å². The number of rotatable bonds is 5. The summed E-state index contributed by atoms with van der Waals surface area (Å²) in [5, 5.41) is 2.84.